The van der Waals surface area contributed by atoms with Crippen LogP contribution in [-0.4, -0.2) is 30.6 Å². The van der Waals surface area contributed by atoms with E-state index in [1.807, 2.05) is 6.92 Å². The summed E-state index contributed by atoms with van der Waals surface area (Å²) in [6.45, 7) is 4.25. The maximum absolute atomic E-state index is 11.2. The van der Waals surface area contributed by atoms with E-state index < -0.39 is 11.9 Å². The highest BCUT2D eigenvalue weighted by molar-refractivity contribution is 6.21. The van der Waals surface area contributed by atoms with Crippen molar-refractivity contribution in [3.63, 3.8) is 0 Å². The van der Waals surface area contributed by atoms with Crippen molar-refractivity contribution in [1.29, 1.82) is 0 Å². The van der Waals surface area contributed by atoms with Gasteiger partial charge < -0.3 is 4.74 Å². The minimum Gasteiger partial charge on any atom is -0.457 e. The molecule has 1 aliphatic heterocycles. The van der Waals surface area contributed by atoms with E-state index in [9.17, 15) is 9.59 Å². The van der Waals surface area contributed by atoms with E-state index >= 15 is 0 Å². The number of cyclic esters (lactones) is 1. The number of esters is 1. The van der Waals surface area contributed by atoms with Crippen molar-refractivity contribution in [2.45, 2.75) is 20.3 Å². The van der Waals surface area contributed by atoms with Gasteiger partial charge in [-0.1, -0.05) is 6.92 Å². The van der Waals surface area contributed by atoms with Crippen LogP contribution in [-0.2, 0) is 14.3 Å². The zero-order valence-electron chi connectivity index (χ0n) is 7.87. The number of hydrogen-bond donors (Lipinski definition) is 0. The van der Waals surface area contributed by atoms with Gasteiger partial charge in [0.1, 0.15) is 0 Å². The quantitative estimate of drug-likeness (QED) is 0.366. The Morgan fingerprint density at radius 2 is 2.31 bits per heavy atom. The van der Waals surface area contributed by atoms with Crippen molar-refractivity contribution in [2.75, 3.05) is 13.2 Å². The molecule has 1 rings (SSSR count). The summed E-state index contributed by atoms with van der Waals surface area (Å²) >= 11 is 0. The molecule has 1 unspecified atom stereocenters. The van der Waals surface area contributed by atoms with Crippen molar-refractivity contribution < 1.29 is 14.3 Å². The standard InChI is InChI=1S/C9H13NO3/c1-3-4-10-6(2)8-7(11)5-13-9(8)12/h8H,3-5H2,1-2H3. The van der Waals surface area contributed by atoms with Crippen LogP contribution in [0.3, 0.4) is 0 Å². The molecule has 0 N–H and O–H groups in total. The predicted molar refractivity (Wildman–Crippen MR) is 47.7 cm³/mol. The normalized spacial score (nSPS) is 23.5. The fourth-order valence-electron chi connectivity index (χ4n) is 1.22. The zero-order chi connectivity index (χ0) is 9.84. The highest BCUT2D eigenvalue weighted by Crippen LogP contribution is 2.12. The Morgan fingerprint density at radius 1 is 1.62 bits per heavy atom. The highest BCUT2D eigenvalue weighted by Gasteiger charge is 2.37. The molecule has 0 saturated carbocycles. The monoisotopic (exact) mass is 183 g/mol. The van der Waals surface area contributed by atoms with Gasteiger partial charge in [-0.15, -0.1) is 0 Å². The number of hydrogen-bond acceptors (Lipinski definition) is 4. The lowest BCUT2D eigenvalue weighted by Crippen LogP contribution is -2.23. The van der Waals surface area contributed by atoms with Gasteiger partial charge in [-0.2, -0.15) is 0 Å². The molecule has 1 heterocycles. The molecule has 1 aliphatic rings. The van der Waals surface area contributed by atoms with Crippen molar-refractivity contribution in [3.05, 3.63) is 0 Å². The third kappa shape index (κ3) is 2.14. The second kappa shape index (κ2) is 4.16. The van der Waals surface area contributed by atoms with Gasteiger partial charge in [0.15, 0.2) is 18.3 Å². The van der Waals surface area contributed by atoms with Crippen molar-refractivity contribution in [2.24, 2.45) is 10.9 Å². The molecule has 0 spiro atoms. The van der Waals surface area contributed by atoms with Crippen LogP contribution >= 0.6 is 0 Å². The first-order valence-electron chi connectivity index (χ1n) is 4.37. The van der Waals surface area contributed by atoms with E-state index in [-0.39, 0.29) is 12.4 Å². The molecular weight excluding hydrogens is 170 g/mol. The molecule has 4 nitrogen and oxygen atoms in total. The van der Waals surface area contributed by atoms with Crippen LogP contribution in [0.15, 0.2) is 4.99 Å². The van der Waals surface area contributed by atoms with Crippen LogP contribution in [0.1, 0.15) is 20.3 Å². The lowest BCUT2D eigenvalue weighted by Gasteiger charge is -2.02. The summed E-state index contributed by atoms with van der Waals surface area (Å²) in [4.78, 5) is 26.3. The molecule has 0 aliphatic carbocycles. The SMILES string of the molecule is CCCN=C(C)C1C(=O)COC1=O. The third-order valence-corrected chi connectivity index (χ3v) is 1.92. The Balaban J connectivity index is 2.69. The number of rotatable bonds is 3. The molecule has 1 saturated heterocycles. The molecule has 72 valence electrons. The molecule has 0 aromatic heterocycles. The van der Waals surface area contributed by atoms with E-state index in [2.05, 4.69) is 9.73 Å². The second-order valence-corrected chi connectivity index (χ2v) is 3.03. The molecule has 0 bridgehead atoms. The molecule has 0 aromatic carbocycles. The van der Waals surface area contributed by atoms with Gasteiger partial charge in [0.2, 0.25) is 0 Å². The number of ether oxygens (including phenoxy) is 1. The average molecular weight is 183 g/mol. The number of ketones is 1. The second-order valence-electron chi connectivity index (χ2n) is 3.03. The van der Waals surface area contributed by atoms with Crippen LogP contribution in [0.25, 0.3) is 0 Å². The summed E-state index contributed by atoms with van der Waals surface area (Å²) in [5, 5.41) is 0. The summed E-state index contributed by atoms with van der Waals surface area (Å²) in [5.41, 5.74) is 0.578. The van der Waals surface area contributed by atoms with E-state index in [0.29, 0.717) is 12.3 Å². The van der Waals surface area contributed by atoms with E-state index in [4.69, 9.17) is 0 Å². The summed E-state index contributed by atoms with van der Waals surface area (Å²) in [7, 11) is 0. The highest BCUT2D eigenvalue weighted by atomic mass is 16.5. The maximum atomic E-state index is 11.2. The fourth-order valence-corrected chi connectivity index (χ4v) is 1.22. The Hall–Kier alpha value is -1.19. The van der Waals surface area contributed by atoms with Gasteiger partial charge in [-0.05, 0) is 13.3 Å². The van der Waals surface area contributed by atoms with E-state index in [1.54, 1.807) is 6.92 Å². The fraction of sp³-hybridized carbons (Fsp3) is 0.667. The summed E-state index contributed by atoms with van der Waals surface area (Å²) in [6, 6.07) is 0. The minimum absolute atomic E-state index is 0.0948. The van der Waals surface area contributed by atoms with E-state index in [1.165, 1.54) is 0 Å². The Bertz CT molecular complexity index is 242. The van der Waals surface area contributed by atoms with Crippen LogP contribution in [0.2, 0.25) is 0 Å². The lowest BCUT2D eigenvalue weighted by molar-refractivity contribution is -0.139. The summed E-state index contributed by atoms with van der Waals surface area (Å²) < 4.78 is 4.61. The number of Topliss-reactive ketones (excluding diaryl/α,β-unsaturated/α-hetero) is 1. The topological polar surface area (TPSA) is 55.7 Å². The zero-order valence-corrected chi connectivity index (χ0v) is 7.87. The van der Waals surface area contributed by atoms with Crippen LogP contribution in [0, 0.1) is 5.92 Å². The van der Waals surface area contributed by atoms with Gasteiger partial charge in [0, 0.05) is 12.3 Å². The van der Waals surface area contributed by atoms with Gasteiger partial charge in [-0.25, -0.2) is 0 Å². The predicted octanol–water partition coefficient (Wildman–Crippen LogP) is 0.599. The molecule has 0 radical (unpaired) electrons. The first kappa shape index (κ1) is 9.89. The summed E-state index contributed by atoms with van der Waals surface area (Å²) in [6.07, 6.45) is 0.910. The lowest BCUT2D eigenvalue weighted by atomic mass is 10.0. The molecule has 0 aromatic rings. The first-order chi connectivity index (χ1) is 6.16. The van der Waals surface area contributed by atoms with Gasteiger partial charge in [-0.3, -0.25) is 14.6 Å². The van der Waals surface area contributed by atoms with Crippen LogP contribution in [0.5, 0.6) is 0 Å². The maximum Gasteiger partial charge on any atom is 0.322 e. The third-order valence-electron chi connectivity index (χ3n) is 1.92. The Labute approximate surface area is 77.0 Å². The number of carbonyl (C=O) groups excluding carboxylic acids is 2. The largest absolute Gasteiger partial charge is 0.457 e. The van der Waals surface area contributed by atoms with E-state index in [0.717, 1.165) is 6.42 Å². The minimum atomic E-state index is -0.730. The molecule has 0 amide bonds. The average Bonchev–Trinajstić information content (AvgIpc) is 2.42. The molecule has 1 fully saturated rings. The van der Waals surface area contributed by atoms with Gasteiger partial charge >= 0.3 is 5.97 Å². The Kier molecular flexibility index (Phi) is 3.17. The Morgan fingerprint density at radius 3 is 2.77 bits per heavy atom. The van der Waals surface area contributed by atoms with Gasteiger partial charge in [0.05, 0.1) is 0 Å². The number of carbonyl (C=O) groups is 2. The van der Waals surface area contributed by atoms with Crippen LogP contribution in [0.4, 0.5) is 0 Å². The van der Waals surface area contributed by atoms with Crippen molar-refractivity contribution in [3.8, 4) is 0 Å². The first-order valence-corrected chi connectivity index (χ1v) is 4.37. The smallest absolute Gasteiger partial charge is 0.322 e. The molecule has 13 heavy (non-hydrogen) atoms. The number of nitrogens with zero attached hydrogens (tertiary/aromatic N) is 1. The molecule has 1 atom stereocenters. The molecule has 4 heteroatoms. The van der Waals surface area contributed by atoms with Crippen molar-refractivity contribution in [1.82, 2.24) is 0 Å². The van der Waals surface area contributed by atoms with Crippen molar-refractivity contribution >= 4 is 17.5 Å². The van der Waals surface area contributed by atoms with Crippen LogP contribution < -0.4 is 0 Å². The molecular formula is C9H13NO3. The van der Waals surface area contributed by atoms with Gasteiger partial charge in [0.25, 0.3) is 0 Å². The number of aliphatic imine (C=N–C) groups is 1. The summed E-state index contributed by atoms with van der Waals surface area (Å²) in [5.74, 6) is -1.36.